The van der Waals surface area contributed by atoms with Crippen molar-refractivity contribution in [1.82, 2.24) is 0 Å². The first-order valence-corrected chi connectivity index (χ1v) is 12.1. The molecule has 1 N–H and O–H groups in total. The third kappa shape index (κ3) is 4.61. The number of aliphatic imine (C=N–C) groups is 1. The first-order chi connectivity index (χ1) is 15.2. The molecule has 32 heavy (non-hydrogen) atoms. The van der Waals surface area contributed by atoms with Gasteiger partial charge in [-0.2, -0.15) is 0 Å². The number of rotatable bonds is 3. The molecule has 0 spiro atoms. The van der Waals surface area contributed by atoms with Crippen molar-refractivity contribution in [3.05, 3.63) is 90.9 Å². The number of carbonyl (C=O) groups is 1. The summed E-state index contributed by atoms with van der Waals surface area (Å²) in [7, 11) is 0. The van der Waals surface area contributed by atoms with E-state index in [2.05, 4.69) is 28.7 Å². The molecule has 0 aliphatic carbocycles. The molecule has 0 saturated carbocycles. The van der Waals surface area contributed by atoms with E-state index in [-0.39, 0.29) is 11.7 Å². The number of anilines is 1. The van der Waals surface area contributed by atoms with Gasteiger partial charge in [0.15, 0.2) is 5.17 Å². The maximum atomic E-state index is 13.6. The van der Waals surface area contributed by atoms with Crippen molar-refractivity contribution in [3.8, 4) is 5.75 Å². The summed E-state index contributed by atoms with van der Waals surface area (Å²) in [6.07, 6.45) is 1.86. The number of benzene rings is 3. The first-order valence-electron chi connectivity index (χ1n) is 10.2. The SMILES string of the molecule is Cc1ccc(C)c(N=C2SC(=Cc3ccc(O)c(I)c3)C(=O)N2c2cc(C)ccc2C)c1. The average Bonchev–Trinajstić information content (AvgIpc) is 3.04. The van der Waals surface area contributed by atoms with Gasteiger partial charge in [-0.15, -0.1) is 0 Å². The van der Waals surface area contributed by atoms with Crippen LogP contribution in [0.5, 0.6) is 5.75 Å². The molecule has 0 aromatic heterocycles. The van der Waals surface area contributed by atoms with Crippen LogP contribution in [0, 0.1) is 31.3 Å². The van der Waals surface area contributed by atoms with Gasteiger partial charge in [-0.3, -0.25) is 9.69 Å². The molecule has 162 valence electrons. The van der Waals surface area contributed by atoms with Gasteiger partial charge >= 0.3 is 0 Å². The number of aromatic hydroxyl groups is 1. The first kappa shape index (κ1) is 22.6. The highest BCUT2D eigenvalue weighted by Gasteiger charge is 2.35. The van der Waals surface area contributed by atoms with E-state index in [9.17, 15) is 9.90 Å². The van der Waals surface area contributed by atoms with Crippen molar-refractivity contribution >= 4 is 62.9 Å². The number of halogens is 1. The number of phenols is 1. The summed E-state index contributed by atoms with van der Waals surface area (Å²) in [5, 5.41) is 10.5. The van der Waals surface area contributed by atoms with Crippen LogP contribution in [0.1, 0.15) is 27.8 Å². The fourth-order valence-corrected chi connectivity index (χ4v) is 4.95. The summed E-state index contributed by atoms with van der Waals surface area (Å²) < 4.78 is 0.739. The van der Waals surface area contributed by atoms with Crippen molar-refractivity contribution in [1.29, 1.82) is 0 Å². The molecule has 6 heteroatoms. The van der Waals surface area contributed by atoms with Crippen LogP contribution in [-0.4, -0.2) is 16.2 Å². The van der Waals surface area contributed by atoms with Crippen LogP contribution in [0.4, 0.5) is 11.4 Å². The standard InChI is InChI=1S/C26H23IN2O2S/c1-15-5-7-17(3)21(11-15)28-26-29(22-12-16(2)6-8-18(22)4)25(31)24(32-26)14-19-9-10-23(30)20(27)13-19/h5-14,30H,1-4H3. The van der Waals surface area contributed by atoms with Crippen LogP contribution in [-0.2, 0) is 4.79 Å². The highest BCUT2D eigenvalue weighted by molar-refractivity contribution is 14.1. The van der Waals surface area contributed by atoms with Crippen molar-refractivity contribution in [2.45, 2.75) is 27.7 Å². The lowest BCUT2D eigenvalue weighted by Crippen LogP contribution is -2.29. The Bertz CT molecular complexity index is 1300. The lowest BCUT2D eigenvalue weighted by Gasteiger charge is -2.19. The lowest BCUT2D eigenvalue weighted by molar-refractivity contribution is -0.113. The number of amides is 1. The number of phenolic OH excluding ortho intramolecular Hbond substituents is 1. The van der Waals surface area contributed by atoms with Gasteiger partial charge in [0.2, 0.25) is 0 Å². The Kier molecular flexibility index (Phi) is 6.44. The van der Waals surface area contributed by atoms with Gasteiger partial charge in [0.25, 0.3) is 5.91 Å². The van der Waals surface area contributed by atoms with Crippen LogP contribution in [0.2, 0.25) is 0 Å². The highest BCUT2D eigenvalue weighted by Crippen LogP contribution is 2.39. The van der Waals surface area contributed by atoms with E-state index in [4.69, 9.17) is 4.99 Å². The van der Waals surface area contributed by atoms with E-state index < -0.39 is 0 Å². The van der Waals surface area contributed by atoms with E-state index in [1.54, 1.807) is 17.0 Å². The number of hydrogen-bond acceptors (Lipinski definition) is 4. The molecule has 0 atom stereocenters. The fraction of sp³-hybridized carbons (Fsp3) is 0.154. The van der Waals surface area contributed by atoms with E-state index in [1.807, 2.05) is 70.2 Å². The van der Waals surface area contributed by atoms with Crippen LogP contribution in [0.25, 0.3) is 6.08 Å². The smallest absolute Gasteiger partial charge is 0.271 e. The molecular formula is C26H23IN2O2S. The van der Waals surface area contributed by atoms with Crippen LogP contribution >= 0.6 is 34.4 Å². The van der Waals surface area contributed by atoms with E-state index >= 15 is 0 Å². The van der Waals surface area contributed by atoms with Gasteiger partial charge in [0.1, 0.15) is 5.75 Å². The molecule has 4 nitrogen and oxygen atoms in total. The average molecular weight is 554 g/mol. The molecular weight excluding hydrogens is 531 g/mol. The van der Waals surface area contributed by atoms with E-state index in [0.717, 1.165) is 42.8 Å². The molecule has 0 bridgehead atoms. The zero-order valence-electron chi connectivity index (χ0n) is 18.3. The molecule has 0 radical (unpaired) electrons. The molecule has 3 aromatic carbocycles. The maximum absolute atomic E-state index is 13.6. The summed E-state index contributed by atoms with van der Waals surface area (Å²) in [6, 6.07) is 17.6. The van der Waals surface area contributed by atoms with Gasteiger partial charge in [0, 0.05) is 0 Å². The fourth-order valence-electron chi connectivity index (χ4n) is 3.43. The van der Waals surface area contributed by atoms with Gasteiger partial charge in [-0.05, 0) is 120 Å². The number of thioether (sulfide) groups is 1. The van der Waals surface area contributed by atoms with Gasteiger partial charge in [0.05, 0.1) is 19.9 Å². The zero-order chi connectivity index (χ0) is 23.0. The molecule has 0 unspecified atom stereocenters. The summed E-state index contributed by atoms with van der Waals surface area (Å²) in [5.74, 6) is 0.128. The van der Waals surface area contributed by atoms with E-state index in [0.29, 0.717) is 10.1 Å². The number of nitrogens with zero attached hydrogens (tertiary/aromatic N) is 2. The van der Waals surface area contributed by atoms with Crippen LogP contribution in [0.15, 0.2) is 64.5 Å². The topological polar surface area (TPSA) is 52.9 Å². The summed E-state index contributed by atoms with van der Waals surface area (Å²) >= 11 is 3.46. The summed E-state index contributed by atoms with van der Waals surface area (Å²) in [6.45, 7) is 8.09. The Morgan fingerprint density at radius 3 is 2.34 bits per heavy atom. The third-order valence-electron chi connectivity index (χ3n) is 5.26. The van der Waals surface area contributed by atoms with Crippen LogP contribution in [0.3, 0.4) is 0 Å². The second kappa shape index (κ2) is 9.11. The Balaban J connectivity index is 1.85. The summed E-state index contributed by atoms with van der Waals surface area (Å²) in [5.41, 5.74) is 6.83. The second-order valence-corrected chi connectivity index (χ2v) is 10.1. The number of aryl methyl sites for hydroxylation is 4. The molecule has 4 rings (SSSR count). The second-order valence-electron chi connectivity index (χ2n) is 7.94. The van der Waals surface area contributed by atoms with Crippen LogP contribution < -0.4 is 4.90 Å². The monoisotopic (exact) mass is 554 g/mol. The molecule has 1 heterocycles. The predicted octanol–water partition coefficient (Wildman–Crippen LogP) is 7.04. The quantitative estimate of drug-likeness (QED) is 0.279. The third-order valence-corrected chi connectivity index (χ3v) is 7.10. The summed E-state index contributed by atoms with van der Waals surface area (Å²) in [4.78, 5) is 20.8. The van der Waals surface area contributed by atoms with Gasteiger partial charge in [-0.25, -0.2) is 4.99 Å². The molecule has 1 aliphatic rings. The van der Waals surface area contributed by atoms with Gasteiger partial charge < -0.3 is 5.11 Å². The zero-order valence-corrected chi connectivity index (χ0v) is 21.3. The Morgan fingerprint density at radius 1 is 0.938 bits per heavy atom. The highest BCUT2D eigenvalue weighted by atomic mass is 127. The number of amidine groups is 1. The molecule has 1 amide bonds. The Morgan fingerprint density at radius 2 is 1.62 bits per heavy atom. The van der Waals surface area contributed by atoms with E-state index in [1.165, 1.54) is 11.8 Å². The van der Waals surface area contributed by atoms with Crippen molar-refractivity contribution in [2.24, 2.45) is 4.99 Å². The normalized spacial score (nSPS) is 16.4. The Labute approximate surface area is 206 Å². The minimum atomic E-state index is -0.101. The van der Waals surface area contributed by atoms with Gasteiger partial charge in [-0.1, -0.05) is 30.3 Å². The Hall–Kier alpha value is -2.58. The largest absolute Gasteiger partial charge is 0.507 e. The maximum Gasteiger partial charge on any atom is 0.271 e. The minimum absolute atomic E-state index is 0.101. The molecule has 3 aromatic rings. The number of carbonyl (C=O) groups excluding carboxylic acids is 1. The molecule has 1 saturated heterocycles. The van der Waals surface area contributed by atoms with Crippen molar-refractivity contribution < 1.29 is 9.90 Å². The van der Waals surface area contributed by atoms with Crippen molar-refractivity contribution in [2.75, 3.05) is 4.90 Å². The minimum Gasteiger partial charge on any atom is -0.507 e. The lowest BCUT2D eigenvalue weighted by atomic mass is 10.1. The predicted molar refractivity (Wildman–Crippen MR) is 143 cm³/mol. The number of hydrogen-bond donors (Lipinski definition) is 1. The molecule has 1 aliphatic heterocycles. The van der Waals surface area contributed by atoms with Crippen molar-refractivity contribution in [3.63, 3.8) is 0 Å². The molecule has 1 fully saturated rings.